The van der Waals surface area contributed by atoms with E-state index in [0.717, 1.165) is 25.3 Å². The number of carbonyl (C=O) groups is 1. The van der Waals surface area contributed by atoms with Gasteiger partial charge < -0.3 is 5.32 Å². The fourth-order valence-corrected chi connectivity index (χ4v) is 1.98. The van der Waals surface area contributed by atoms with E-state index < -0.39 is 0 Å². The average molecular weight is 230 g/mol. The molecule has 1 saturated heterocycles. The highest BCUT2D eigenvalue weighted by molar-refractivity contribution is 5.99. The molecule has 1 N–H and O–H groups in total. The number of anilines is 1. The molecular formula is C14H18N2O. The zero-order chi connectivity index (χ0) is 11.9. The molecule has 1 aliphatic rings. The van der Waals surface area contributed by atoms with E-state index in [1.807, 2.05) is 36.4 Å². The van der Waals surface area contributed by atoms with Crippen molar-refractivity contribution < 1.29 is 4.79 Å². The highest BCUT2D eigenvalue weighted by Crippen LogP contribution is 2.07. The number of amides is 1. The Kier molecular flexibility index (Phi) is 4.33. The van der Waals surface area contributed by atoms with Crippen LogP contribution in [0.25, 0.3) is 0 Å². The second-order valence-corrected chi connectivity index (χ2v) is 4.27. The summed E-state index contributed by atoms with van der Waals surface area (Å²) in [6, 6.07) is 9.50. The number of hydrogen-bond acceptors (Lipinski definition) is 2. The van der Waals surface area contributed by atoms with Gasteiger partial charge in [-0.3, -0.25) is 9.69 Å². The molecule has 1 aromatic carbocycles. The van der Waals surface area contributed by atoms with Crippen molar-refractivity contribution in [1.29, 1.82) is 0 Å². The van der Waals surface area contributed by atoms with Gasteiger partial charge in [0, 0.05) is 18.3 Å². The van der Waals surface area contributed by atoms with Gasteiger partial charge >= 0.3 is 0 Å². The Balaban J connectivity index is 1.75. The van der Waals surface area contributed by atoms with Crippen LogP contribution in [0, 0.1) is 0 Å². The topological polar surface area (TPSA) is 32.3 Å². The lowest BCUT2D eigenvalue weighted by Gasteiger charge is -2.10. The largest absolute Gasteiger partial charge is 0.323 e. The number of hydrogen-bond donors (Lipinski definition) is 1. The minimum atomic E-state index is -0.0598. The Morgan fingerprint density at radius 1 is 1.24 bits per heavy atom. The van der Waals surface area contributed by atoms with Crippen molar-refractivity contribution in [2.24, 2.45) is 0 Å². The third-order valence-corrected chi connectivity index (χ3v) is 2.87. The molecule has 0 radical (unpaired) electrons. The monoisotopic (exact) mass is 230 g/mol. The maximum absolute atomic E-state index is 11.6. The predicted molar refractivity (Wildman–Crippen MR) is 69.9 cm³/mol. The second-order valence-electron chi connectivity index (χ2n) is 4.27. The van der Waals surface area contributed by atoms with Crippen molar-refractivity contribution >= 4 is 11.6 Å². The zero-order valence-electron chi connectivity index (χ0n) is 9.93. The van der Waals surface area contributed by atoms with Crippen molar-refractivity contribution in [3.05, 3.63) is 42.5 Å². The number of para-hydroxylation sites is 1. The lowest BCUT2D eigenvalue weighted by molar-refractivity contribution is -0.111. The van der Waals surface area contributed by atoms with Gasteiger partial charge in [-0.15, -0.1) is 0 Å². The van der Waals surface area contributed by atoms with E-state index in [9.17, 15) is 4.79 Å². The maximum Gasteiger partial charge on any atom is 0.248 e. The van der Waals surface area contributed by atoms with E-state index in [0.29, 0.717) is 0 Å². The first kappa shape index (κ1) is 11.9. The molecule has 0 aromatic heterocycles. The fraction of sp³-hybridized carbons (Fsp3) is 0.357. The number of benzene rings is 1. The quantitative estimate of drug-likeness (QED) is 0.805. The Bertz CT molecular complexity index is 380. The van der Waals surface area contributed by atoms with Crippen LogP contribution in [0.3, 0.4) is 0 Å². The molecule has 17 heavy (non-hydrogen) atoms. The van der Waals surface area contributed by atoms with Gasteiger partial charge in [0.05, 0.1) is 0 Å². The van der Waals surface area contributed by atoms with Gasteiger partial charge in [0.25, 0.3) is 0 Å². The van der Waals surface area contributed by atoms with Crippen LogP contribution in [-0.4, -0.2) is 30.4 Å². The molecule has 2 rings (SSSR count). The van der Waals surface area contributed by atoms with Crippen molar-refractivity contribution in [3.63, 3.8) is 0 Å². The standard InChI is InChI=1S/C14H18N2O/c17-14(15-13-7-2-1-3-8-13)9-6-12-16-10-4-5-11-16/h1-3,6-9H,4-5,10-12H2,(H,15,17). The lowest BCUT2D eigenvalue weighted by atomic mass is 10.3. The van der Waals surface area contributed by atoms with Crippen LogP contribution < -0.4 is 5.32 Å². The summed E-state index contributed by atoms with van der Waals surface area (Å²) in [6.07, 6.45) is 6.11. The molecule has 0 bridgehead atoms. The number of nitrogens with one attached hydrogen (secondary N) is 1. The Hall–Kier alpha value is -1.61. The number of rotatable bonds is 4. The van der Waals surface area contributed by atoms with E-state index in [-0.39, 0.29) is 5.91 Å². The molecule has 0 unspecified atom stereocenters. The zero-order valence-corrected chi connectivity index (χ0v) is 9.93. The van der Waals surface area contributed by atoms with Crippen LogP contribution in [0.15, 0.2) is 42.5 Å². The molecule has 0 spiro atoms. The number of carbonyl (C=O) groups excluding carboxylic acids is 1. The number of nitrogens with zero attached hydrogens (tertiary/aromatic N) is 1. The molecule has 1 aromatic rings. The van der Waals surface area contributed by atoms with Crippen LogP contribution in [-0.2, 0) is 4.79 Å². The van der Waals surface area contributed by atoms with Gasteiger partial charge in [-0.05, 0) is 38.1 Å². The molecule has 1 aliphatic heterocycles. The summed E-state index contributed by atoms with van der Waals surface area (Å²) in [5.74, 6) is -0.0598. The molecule has 90 valence electrons. The summed E-state index contributed by atoms with van der Waals surface area (Å²) in [7, 11) is 0. The van der Waals surface area contributed by atoms with Crippen molar-refractivity contribution in [2.45, 2.75) is 12.8 Å². The van der Waals surface area contributed by atoms with Gasteiger partial charge in [-0.25, -0.2) is 0 Å². The Morgan fingerprint density at radius 2 is 1.94 bits per heavy atom. The summed E-state index contributed by atoms with van der Waals surface area (Å²) in [6.45, 7) is 3.19. The third kappa shape index (κ3) is 4.04. The minimum Gasteiger partial charge on any atom is -0.323 e. The smallest absolute Gasteiger partial charge is 0.248 e. The molecule has 0 saturated carbocycles. The highest BCUT2D eigenvalue weighted by Gasteiger charge is 2.08. The molecule has 0 aliphatic carbocycles. The normalized spacial score (nSPS) is 16.5. The van der Waals surface area contributed by atoms with Crippen molar-refractivity contribution in [1.82, 2.24) is 4.90 Å². The van der Waals surface area contributed by atoms with E-state index >= 15 is 0 Å². The lowest BCUT2D eigenvalue weighted by Crippen LogP contribution is -2.19. The van der Waals surface area contributed by atoms with Crippen LogP contribution in [0.5, 0.6) is 0 Å². The minimum absolute atomic E-state index is 0.0598. The van der Waals surface area contributed by atoms with Gasteiger partial charge in [0.1, 0.15) is 0 Å². The van der Waals surface area contributed by atoms with Crippen molar-refractivity contribution in [2.75, 3.05) is 25.0 Å². The number of likely N-dealkylation sites (tertiary alicyclic amines) is 1. The summed E-state index contributed by atoms with van der Waals surface area (Å²) >= 11 is 0. The Morgan fingerprint density at radius 3 is 2.65 bits per heavy atom. The summed E-state index contributed by atoms with van der Waals surface area (Å²) in [5, 5.41) is 2.82. The first-order chi connectivity index (χ1) is 8.34. The third-order valence-electron chi connectivity index (χ3n) is 2.87. The Labute approximate surface area is 102 Å². The SMILES string of the molecule is O=C(C=CCN1CCCC1)Nc1ccccc1. The molecular weight excluding hydrogens is 212 g/mol. The van der Waals surface area contributed by atoms with Crippen LogP contribution >= 0.6 is 0 Å². The molecule has 0 atom stereocenters. The van der Waals surface area contributed by atoms with Gasteiger partial charge in [0.15, 0.2) is 0 Å². The molecule has 3 heteroatoms. The molecule has 1 amide bonds. The van der Waals surface area contributed by atoms with E-state index in [1.54, 1.807) is 6.08 Å². The predicted octanol–water partition coefficient (Wildman–Crippen LogP) is 2.28. The van der Waals surface area contributed by atoms with Gasteiger partial charge in [0.2, 0.25) is 5.91 Å². The van der Waals surface area contributed by atoms with Crippen molar-refractivity contribution in [3.8, 4) is 0 Å². The van der Waals surface area contributed by atoms with Crippen LogP contribution in [0.1, 0.15) is 12.8 Å². The van der Waals surface area contributed by atoms with Crippen LogP contribution in [0.4, 0.5) is 5.69 Å². The van der Waals surface area contributed by atoms with Gasteiger partial charge in [-0.2, -0.15) is 0 Å². The van der Waals surface area contributed by atoms with Crippen LogP contribution in [0.2, 0.25) is 0 Å². The van der Waals surface area contributed by atoms with E-state index in [2.05, 4.69) is 10.2 Å². The summed E-state index contributed by atoms with van der Waals surface area (Å²) in [4.78, 5) is 13.9. The molecule has 3 nitrogen and oxygen atoms in total. The van der Waals surface area contributed by atoms with E-state index in [1.165, 1.54) is 12.8 Å². The first-order valence-corrected chi connectivity index (χ1v) is 6.09. The molecule has 1 heterocycles. The average Bonchev–Trinajstić information content (AvgIpc) is 2.83. The second kappa shape index (κ2) is 6.21. The molecule has 1 fully saturated rings. The van der Waals surface area contributed by atoms with E-state index in [4.69, 9.17) is 0 Å². The summed E-state index contributed by atoms with van der Waals surface area (Å²) in [5.41, 5.74) is 0.836. The maximum atomic E-state index is 11.6. The van der Waals surface area contributed by atoms with Gasteiger partial charge in [-0.1, -0.05) is 24.3 Å². The summed E-state index contributed by atoms with van der Waals surface area (Å²) < 4.78 is 0. The fourth-order valence-electron chi connectivity index (χ4n) is 1.98. The first-order valence-electron chi connectivity index (χ1n) is 6.09. The highest BCUT2D eigenvalue weighted by atomic mass is 16.1.